The molecule has 0 N–H and O–H groups in total. The molecule has 4 heterocycles. The number of nitriles is 8. The molecule has 10 rings (SSSR count). The Morgan fingerprint density at radius 2 is 0.604 bits per heavy atom. The van der Waals surface area contributed by atoms with Gasteiger partial charge in [0.1, 0.15) is 58.8 Å². The number of benzene rings is 6. The standard InChI is InChI=1S/C50H32N6O2.C30H20N6O2/c1-49(2)41(40(29-53)48(58-49)43(30-54)55-5)25-19-31-15-21-33(22-16-31)44-36-11-7-9-13-38(36)45(39-14-10-8-12-37(39)44)34-23-17-32(18-24-34)20-26-42-46(56-6)47(35(27-51)28-52)57-50(42,3)4;1-29(2)23(22(17-33)28(38-29)25(18-34)35-5)13-11-19-7-9-20(10-8-19)12-14-24-26(36-6)27(21(15-31)16-32)37-30(24,3)4/h7-26H,1-4H3;7-14H,1-4H3/b25-19+,26-20+,48-43-;13-11+,14-12+,28-25-. The SMILES string of the molecule is [C-]#[N+]C1=C(/C=C/c2ccc(-c3c4ccccc4c(-c4ccc(/C=C/C5=C(C#N)C(=C(\C#N)[N+]#[C-])/OC5(C)C)cc4)c4ccccc34)cc2)C(C)(C)OC1=C(C#N)C#N.[C-]#[N+]C1=C(/C=C/c2ccc(/C=C/C3=C(C#N)C(=C(\C#N)[N+]#[C-])/OC3(C)C)cc2)C(C)(C)OC1=C(C#N)C#N. The second-order valence-electron chi connectivity index (χ2n) is 23.7. The van der Waals surface area contributed by atoms with Crippen molar-refractivity contribution in [3.8, 4) is 70.8 Å². The number of fused-ring (bicyclic) bond motifs is 2. The van der Waals surface area contributed by atoms with E-state index in [2.05, 4.69) is 80.0 Å². The lowest BCUT2D eigenvalue weighted by Gasteiger charge is -2.21. The van der Waals surface area contributed by atoms with Crippen molar-refractivity contribution in [2.75, 3.05) is 0 Å². The molecule has 0 amide bonds. The normalized spacial score (nSPS) is 17.2. The van der Waals surface area contributed by atoms with Gasteiger partial charge in [-0.25, -0.2) is 29.9 Å². The minimum absolute atomic E-state index is 0.00305. The van der Waals surface area contributed by atoms with Crippen molar-refractivity contribution in [1.29, 1.82) is 42.1 Å². The van der Waals surface area contributed by atoms with Crippen LogP contribution in [0.25, 0.3) is 87.5 Å². The molecule has 0 bridgehead atoms. The number of hydrogen-bond acceptors (Lipinski definition) is 12. The van der Waals surface area contributed by atoms with Crippen LogP contribution in [-0.4, -0.2) is 22.4 Å². The minimum atomic E-state index is -0.894. The maximum Gasteiger partial charge on any atom is 0.304 e. The molecule has 4 aliphatic rings. The number of allylic oxidation sites excluding steroid dienone is 6. The van der Waals surface area contributed by atoms with Gasteiger partial charge in [0.15, 0.2) is 34.2 Å². The van der Waals surface area contributed by atoms with Crippen molar-refractivity contribution in [2.45, 2.75) is 77.8 Å². The van der Waals surface area contributed by atoms with Crippen LogP contribution in [0.2, 0.25) is 0 Å². The molecule has 0 unspecified atom stereocenters. The highest BCUT2D eigenvalue weighted by molar-refractivity contribution is 6.21. The highest BCUT2D eigenvalue weighted by atomic mass is 16.5. The highest BCUT2D eigenvalue weighted by Gasteiger charge is 2.42. The van der Waals surface area contributed by atoms with Crippen molar-refractivity contribution in [2.24, 2.45) is 0 Å². The fourth-order valence-corrected chi connectivity index (χ4v) is 11.6. The van der Waals surface area contributed by atoms with Gasteiger partial charge in [-0.05, 0) is 121 Å². The first-order chi connectivity index (χ1) is 46.1. The molecule has 0 spiro atoms. The molecule has 0 aliphatic carbocycles. The van der Waals surface area contributed by atoms with Crippen molar-refractivity contribution < 1.29 is 18.9 Å². The Balaban J connectivity index is 0.000000247. The third-order valence-electron chi connectivity index (χ3n) is 16.2. The molecule has 0 saturated carbocycles. The van der Waals surface area contributed by atoms with Gasteiger partial charge in [-0.1, -0.05) is 170 Å². The van der Waals surface area contributed by atoms with Crippen LogP contribution in [-0.2, 0) is 18.9 Å². The molecule has 0 fully saturated rings. The van der Waals surface area contributed by atoms with E-state index in [9.17, 15) is 42.1 Å². The lowest BCUT2D eigenvalue weighted by molar-refractivity contribution is 0.0949. The number of nitrogens with zero attached hydrogens (tertiary/aromatic N) is 12. The maximum atomic E-state index is 9.94. The zero-order chi connectivity index (χ0) is 69.3. The Labute approximate surface area is 556 Å². The summed E-state index contributed by atoms with van der Waals surface area (Å²) in [5, 5.41) is 79.9. The van der Waals surface area contributed by atoms with Crippen LogP contribution in [0.15, 0.2) is 236 Å². The van der Waals surface area contributed by atoms with Crippen LogP contribution in [0.5, 0.6) is 0 Å². The summed E-state index contributed by atoms with van der Waals surface area (Å²) in [5.41, 5.74) is 6.23. The summed E-state index contributed by atoms with van der Waals surface area (Å²) in [7, 11) is 0. The van der Waals surface area contributed by atoms with Gasteiger partial charge in [0.25, 0.3) is 0 Å². The van der Waals surface area contributed by atoms with Crippen molar-refractivity contribution in [1.82, 2.24) is 0 Å². The smallest absolute Gasteiger partial charge is 0.304 e. The van der Waals surface area contributed by atoms with Gasteiger partial charge in [0.2, 0.25) is 11.4 Å². The van der Waals surface area contributed by atoms with Crippen LogP contribution >= 0.6 is 0 Å². The zero-order valence-corrected chi connectivity index (χ0v) is 53.2. The summed E-state index contributed by atoms with van der Waals surface area (Å²) in [5.74, 6) is 0.0293. The summed E-state index contributed by atoms with van der Waals surface area (Å²) >= 11 is 0. The molecule has 456 valence electrons. The molecule has 16 heteroatoms. The van der Waals surface area contributed by atoms with E-state index in [4.69, 9.17) is 45.2 Å². The lowest BCUT2D eigenvalue weighted by Crippen LogP contribution is -2.20. The Morgan fingerprint density at radius 1 is 0.344 bits per heavy atom. The third-order valence-corrected chi connectivity index (χ3v) is 16.2. The fourth-order valence-electron chi connectivity index (χ4n) is 11.6. The Hall–Kier alpha value is -14.2. The molecule has 0 aromatic heterocycles. The van der Waals surface area contributed by atoms with E-state index in [1.807, 2.05) is 155 Å². The molecular weight excluding hydrogens is 1190 g/mol. The Bertz CT molecular complexity index is 4870. The number of ether oxygens (including phenoxy) is 4. The molecule has 6 aromatic carbocycles. The van der Waals surface area contributed by atoms with Crippen molar-refractivity contribution in [3.05, 3.63) is 304 Å². The molecule has 0 radical (unpaired) electrons. The van der Waals surface area contributed by atoms with Crippen LogP contribution in [0.4, 0.5) is 0 Å². The van der Waals surface area contributed by atoms with E-state index in [1.165, 1.54) is 0 Å². The average Bonchev–Trinajstić information content (AvgIpc) is 1.24. The summed E-state index contributed by atoms with van der Waals surface area (Å²) in [6, 6.07) is 55.8. The second kappa shape index (κ2) is 27.1. The highest BCUT2D eigenvalue weighted by Crippen LogP contribution is 2.47. The van der Waals surface area contributed by atoms with E-state index in [0.717, 1.165) is 66.1 Å². The summed E-state index contributed by atoms with van der Waals surface area (Å²) < 4.78 is 23.4. The fraction of sp³-hybridized carbons (Fsp3) is 0.150. The molecule has 0 saturated heterocycles. The Morgan fingerprint density at radius 3 is 0.854 bits per heavy atom. The molecule has 0 atom stereocenters. The van der Waals surface area contributed by atoms with Gasteiger partial charge in [-0.2, -0.15) is 31.6 Å². The predicted molar refractivity (Wildman–Crippen MR) is 363 cm³/mol. The number of hydrogen-bond donors (Lipinski definition) is 0. The second-order valence-corrected chi connectivity index (χ2v) is 23.7. The lowest BCUT2D eigenvalue weighted by atomic mass is 9.85. The first-order valence-electron chi connectivity index (χ1n) is 29.5. The Kier molecular flexibility index (Phi) is 18.7. The molecule has 4 aliphatic heterocycles. The van der Waals surface area contributed by atoms with Crippen LogP contribution in [0.1, 0.15) is 77.6 Å². The van der Waals surface area contributed by atoms with Gasteiger partial charge < -0.3 is 18.9 Å². The quantitative estimate of drug-likeness (QED) is 0.0706. The van der Waals surface area contributed by atoms with E-state index in [1.54, 1.807) is 58.1 Å². The molecule has 16 nitrogen and oxygen atoms in total. The van der Waals surface area contributed by atoms with Gasteiger partial charge >= 0.3 is 11.4 Å². The average molecular weight is 1250 g/mol. The van der Waals surface area contributed by atoms with Gasteiger partial charge in [-0.15, -0.1) is 0 Å². The van der Waals surface area contributed by atoms with E-state index < -0.39 is 22.4 Å². The zero-order valence-electron chi connectivity index (χ0n) is 53.2. The maximum absolute atomic E-state index is 9.94. The van der Waals surface area contributed by atoms with Gasteiger partial charge in [0, 0.05) is 22.3 Å². The van der Waals surface area contributed by atoms with Gasteiger partial charge in [-0.3, -0.25) is 0 Å². The first-order valence-corrected chi connectivity index (χ1v) is 29.5. The summed E-state index contributed by atoms with van der Waals surface area (Å²) in [4.78, 5) is 13.6. The van der Waals surface area contributed by atoms with Crippen LogP contribution < -0.4 is 0 Å². The predicted octanol–water partition coefficient (Wildman–Crippen LogP) is 18.2. The van der Waals surface area contributed by atoms with Gasteiger partial charge in [0.05, 0.1) is 49.6 Å². The molecule has 96 heavy (non-hydrogen) atoms. The first kappa shape index (κ1) is 66.2. The number of rotatable bonds is 10. The van der Waals surface area contributed by atoms with Crippen molar-refractivity contribution >= 4 is 45.8 Å². The van der Waals surface area contributed by atoms with Crippen LogP contribution in [0.3, 0.4) is 0 Å². The topological polar surface area (TPSA) is 245 Å². The third kappa shape index (κ3) is 12.7. The van der Waals surface area contributed by atoms with E-state index >= 15 is 0 Å². The molecular formula is C80H52N12O4. The summed E-state index contributed by atoms with van der Waals surface area (Å²) in [6.45, 7) is 44.1. The largest absolute Gasteiger partial charge is 0.493 e. The monoisotopic (exact) mass is 1240 g/mol. The molecule has 6 aromatic rings. The van der Waals surface area contributed by atoms with Crippen molar-refractivity contribution in [3.63, 3.8) is 0 Å². The van der Waals surface area contributed by atoms with E-state index in [0.29, 0.717) is 22.3 Å². The minimum Gasteiger partial charge on any atom is -0.493 e. The van der Waals surface area contributed by atoms with E-state index in [-0.39, 0.29) is 68.1 Å². The van der Waals surface area contributed by atoms with Crippen LogP contribution in [0, 0.1) is 117 Å². The summed E-state index contributed by atoms with van der Waals surface area (Å²) in [6.07, 6.45) is 14.6.